The third-order valence-corrected chi connectivity index (χ3v) is 3.78. The van der Waals surface area contributed by atoms with Gasteiger partial charge in [0, 0.05) is 24.5 Å². The minimum absolute atomic E-state index is 0.266. The van der Waals surface area contributed by atoms with Crippen molar-refractivity contribution in [1.29, 1.82) is 0 Å². The third-order valence-electron chi connectivity index (χ3n) is 3.78. The molecule has 1 aromatic rings. The summed E-state index contributed by atoms with van der Waals surface area (Å²) in [5, 5.41) is 10.6. The normalized spacial score (nSPS) is 10.1. The van der Waals surface area contributed by atoms with Crippen molar-refractivity contribution < 1.29 is 19.2 Å². The SMILES string of the molecule is CCCCNC(=O)CC(=O)Nc1cccc(NC(=O)CC(=O)NCCCC)c1. The molecule has 4 amide bonds. The Morgan fingerprint density at radius 3 is 1.54 bits per heavy atom. The zero-order valence-corrected chi connectivity index (χ0v) is 16.6. The lowest BCUT2D eigenvalue weighted by molar-refractivity contribution is -0.128. The lowest BCUT2D eigenvalue weighted by atomic mass is 10.2. The van der Waals surface area contributed by atoms with Gasteiger partial charge in [0.1, 0.15) is 12.8 Å². The van der Waals surface area contributed by atoms with E-state index < -0.39 is 11.8 Å². The summed E-state index contributed by atoms with van der Waals surface area (Å²) >= 11 is 0. The summed E-state index contributed by atoms with van der Waals surface area (Å²) in [7, 11) is 0. The van der Waals surface area contributed by atoms with Crippen LogP contribution in [0.1, 0.15) is 52.4 Å². The molecule has 154 valence electrons. The fraction of sp³-hybridized carbons (Fsp3) is 0.500. The lowest BCUT2D eigenvalue weighted by Gasteiger charge is -2.09. The first-order valence-corrected chi connectivity index (χ1v) is 9.67. The smallest absolute Gasteiger partial charge is 0.233 e. The molecule has 0 aliphatic carbocycles. The Balaban J connectivity index is 2.46. The highest BCUT2D eigenvalue weighted by atomic mass is 16.2. The largest absolute Gasteiger partial charge is 0.356 e. The first-order valence-electron chi connectivity index (χ1n) is 9.67. The number of rotatable bonds is 12. The van der Waals surface area contributed by atoms with Crippen molar-refractivity contribution in [3.8, 4) is 0 Å². The molecule has 0 unspecified atom stereocenters. The van der Waals surface area contributed by atoms with Crippen LogP contribution in [-0.4, -0.2) is 36.7 Å². The van der Waals surface area contributed by atoms with Crippen LogP contribution in [0.4, 0.5) is 11.4 Å². The number of amides is 4. The van der Waals surface area contributed by atoms with Gasteiger partial charge < -0.3 is 21.3 Å². The van der Waals surface area contributed by atoms with Gasteiger partial charge in [0.2, 0.25) is 23.6 Å². The molecule has 0 aliphatic heterocycles. The number of nitrogens with one attached hydrogen (secondary N) is 4. The average molecular weight is 390 g/mol. The van der Waals surface area contributed by atoms with Crippen LogP contribution in [0.5, 0.6) is 0 Å². The molecule has 8 heteroatoms. The molecular formula is C20H30N4O4. The molecule has 1 rings (SSSR count). The van der Waals surface area contributed by atoms with Gasteiger partial charge in [-0.05, 0) is 31.0 Å². The summed E-state index contributed by atoms with van der Waals surface area (Å²) in [5.41, 5.74) is 0.910. The van der Waals surface area contributed by atoms with E-state index in [1.165, 1.54) is 0 Å². The summed E-state index contributed by atoms with van der Waals surface area (Å²) in [4.78, 5) is 47.2. The van der Waals surface area contributed by atoms with E-state index in [0.29, 0.717) is 24.5 Å². The quantitative estimate of drug-likeness (QED) is 0.323. The van der Waals surface area contributed by atoms with E-state index in [9.17, 15) is 19.2 Å². The van der Waals surface area contributed by atoms with E-state index >= 15 is 0 Å². The highest BCUT2D eigenvalue weighted by Crippen LogP contribution is 2.15. The van der Waals surface area contributed by atoms with Gasteiger partial charge in [-0.15, -0.1) is 0 Å². The summed E-state index contributed by atoms with van der Waals surface area (Å²) in [6.07, 6.45) is 3.13. The van der Waals surface area contributed by atoms with Crippen LogP contribution in [0.15, 0.2) is 24.3 Å². The van der Waals surface area contributed by atoms with E-state index in [4.69, 9.17) is 0 Å². The average Bonchev–Trinajstić information content (AvgIpc) is 2.62. The van der Waals surface area contributed by atoms with E-state index in [-0.39, 0.29) is 24.7 Å². The minimum Gasteiger partial charge on any atom is -0.356 e. The van der Waals surface area contributed by atoms with Crippen molar-refractivity contribution in [1.82, 2.24) is 10.6 Å². The molecule has 0 aliphatic rings. The predicted octanol–water partition coefficient (Wildman–Crippen LogP) is 2.18. The number of hydrogen-bond donors (Lipinski definition) is 4. The van der Waals surface area contributed by atoms with E-state index in [0.717, 1.165) is 25.7 Å². The Bertz CT molecular complexity index is 623. The Morgan fingerprint density at radius 1 is 0.714 bits per heavy atom. The number of benzene rings is 1. The Morgan fingerprint density at radius 2 is 1.14 bits per heavy atom. The molecule has 8 nitrogen and oxygen atoms in total. The molecule has 0 saturated heterocycles. The molecule has 0 radical (unpaired) electrons. The topological polar surface area (TPSA) is 116 Å². The summed E-state index contributed by atoms with van der Waals surface area (Å²) < 4.78 is 0. The van der Waals surface area contributed by atoms with Gasteiger partial charge >= 0.3 is 0 Å². The molecule has 0 spiro atoms. The number of anilines is 2. The molecular weight excluding hydrogens is 360 g/mol. The second kappa shape index (κ2) is 13.3. The highest BCUT2D eigenvalue weighted by Gasteiger charge is 2.11. The number of unbranched alkanes of at least 4 members (excludes halogenated alkanes) is 2. The third kappa shape index (κ3) is 10.3. The number of carbonyl (C=O) groups excluding carboxylic acids is 4. The van der Waals surface area contributed by atoms with Gasteiger partial charge in [0.15, 0.2) is 0 Å². The van der Waals surface area contributed by atoms with Crippen LogP contribution in [0.2, 0.25) is 0 Å². The number of hydrogen-bond acceptors (Lipinski definition) is 4. The minimum atomic E-state index is -0.437. The van der Waals surface area contributed by atoms with Crippen molar-refractivity contribution >= 4 is 35.0 Å². The first kappa shape index (κ1) is 23.1. The molecule has 0 heterocycles. The summed E-state index contributed by atoms with van der Waals surface area (Å²) in [6, 6.07) is 6.54. The molecule has 0 saturated carbocycles. The maximum absolute atomic E-state index is 11.9. The Kier molecular flexibility index (Phi) is 11.0. The fourth-order valence-electron chi connectivity index (χ4n) is 2.31. The second-order valence-electron chi connectivity index (χ2n) is 6.44. The van der Waals surface area contributed by atoms with Crippen LogP contribution in [0.25, 0.3) is 0 Å². The lowest BCUT2D eigenvalue weighted by Crippen LogP contribution is -2.29. The molecule has 0 bridgehead atoms. The van der Waals surface area contributed by atoms with Crippen molar-refractivity contribution in [3.63, 3.8) is 0 Å². The molecule has 0 atom stereocenters. The van der Waals surface area contributed by atoms with Gasteiger partial charge in [-0.3, -0.25) is 19.2 Å². The summed E-state index contributed by atoms with van der Waals surface area (Å²) in [6.45, 7) is 5.14. The Hall–Kier alpha value is -2.90. The predicted molar refractivity (Wildman–Crippen MR) is 109 cm³/mol. The van der Waals surface area contributed by atoms with Gasteiger partial charge in [-0.25, -0.2) is 0 Å². The van der Waals surface area contributed by atoms with E-state index in [1.807, 2.05) is 13.8 Å². The van der Waals surface area contributed by atoms with E-state index in [1.54, 1.807) is 24.3 Å². The van der Waals surface area contributed by atoms with Gasteiger partial charge in [-0.1, -0.05) is 32.8 Å². The monoisotopic (exact) mass is 390 g/mol. The standard InChI is InChI=1S/C20H30N4O4/c1-3-5-10-21-17(25)13-19(27)23-15-8-7-9-16(12-15)24-20(28)14-18(26)22-11-6-4-2/h7-9,12H,3-6,10-11,13-14H2,1-2H3,(H,21,25)(H,22,26)(H,23,27)(H,24,28). The van der Waals surface area contributed by atoms with Crippen molar-refractivity contribution in [3.05, 3.63) is 24.3 Å². The van der Waals surface area contributed by atoms with E-state index in [2.05, 4.69) is 21.3 Å². The molecule has 1 aromatic carbocycles. The van der Waals surface area contributed by atoms with Crippen molar-refractivity contribution in [2.45, 2.75) is 52.4 Å². The maximum atomic E-state index is 11.9. The number of carbonyl (C=O) groups is 4. The van der Waals surface area contributed by atoms with Crippen LogP contribution in [0.3, 0.4) is 0 Å². The summed E-state index contributed by atoms with van der Waals surface area (Å²) in [5.74, 6) is -1.53. The van der Waals surface area contributed by atoms with Gasteiger partial charge in [0.05, 0.1) is 0 Å². The van der Waals surface area contributed by atoms with Gasteiger partial charge in [-0.2, -0.15) is 0 Å². The van der Waals surface area contributed by atoms with Gasteiger partial charge in [0.25, 0.3) is 0 Å². The highest BCUT2D eigenvalue weighted by molar-refractivity contribution is 6.05. The molecule has 0 fully saturated rings. The zero-order chi connectivity index (χ0) is 20.8. The van der Waals surface area contributed by atoms with Crippen molar-refractivity contribution in [2.24, 2.45) is 0 Å². The fourth-order valence-corrected chi connectivity index (χ4v) is 2.31. The zero-order valence-electron chi connectivity index (χ0n) is 16.6. The van der Waals surface area contributed by atoms with Crippen LogP contribution >= 0.6 is 0 Å². The first-order chi connectivity index (χ1) is 13.4. The van der Waals surface area contributed by atoms with Crippen LogP contribution in [-0.2, 0) is 19.2 Å². The second-order valence-corrected chi connectivity index (χ2v) is 6.44. The maximum Gasteiger partial charge on any atom is 0.233 e. The molecule has 4 N–H and O–H groups in total. The molecule has 28 heavy (non-hydrogen) atoms. The molecule has 0 aromatic heterocycles. The van der Waals surface area contributed by atoms with Crippen LogP contribution in [0, 0.1) is 0 Å². The Labute approximate surface area is 165 Å². The van der Waals surface area contributed by atoms with Crippen molar-refractivity contribution in [2.75, 3.05) is 23.7 Å². The van der Waals surface area contributed by atoms with Crippen LogP contribution < -0.4 is 21.3 Å².